The van der Waals surface area contributed by atoms with Gasteiger partial charge in [0.1, 0.15) is 12.3 Å². The van der Waals surface area contributed by atoms with Gasteiger partial charge in [0.25, 0.3) is 0 Å². The van der Waals surface area contributed by atoms with Crippen LogP contribution in [0.2, 0.25) is 0 Å². The van der Waals surface area contributed by atoms with Gasteiger partial charge in [-0.2, -0.15) is 4.31 Å². The largest absolute Gasteiger partial charge is 0.467 e. The second-order valence-electron chi connectivity index (χ2n) is 7.08. The monoisotopic (exact) mass is 465 g/mol. The second-order valence-corrected chi connectivity index (χ2v) is 10.2. The van der Waals surface area contributed by atoms with Crippen LogP contribution in [0.3, 0.4) is 0 Å². The molecule has 166 valence electrons. The first-order chi connectivity index (χ1) is 14.9. The zero-order chi connectivity index (χ0) is 21.8. The summed E-state index contributed by atoms with van der Waals surface area (Å²) in [6.07, 6.45) is 1.78. The van der Waals surface area contributed by atoms with Crippen molar-refractivity contribution < 1.29 is 27.2 Å². The third-order valence-corrected chi connectivity index (χ3v) is 8.00. The van der Waals surface area contributed by atoms with Gasteiger partial charge in [-0.3, -0.25) is 9.59 Å². The molecule has 1 aromatic carbocycles. The van der Waals surface area contributed by atoms with Crippen LogP contribution in [0.15, 0.2) is 50.8 Å². The molecule has 2 aliphatic rings. The molecule has 2 amide bonds. The SMILES string of the molecule is O=C(CN1C(=O)CCSc2ccc(S(=O)(=O)N3CCOCC3)cc21)NCc1ccco1. The first-order valence-electron chi connectivity index (χ1n) is 9.89. The molecule has 1 N–H and O–H groups in total. The normalized spacial score (nSPS) is 17.8. The predicted octanol–water partition coefficient (Wildman–Crippen LogP) is 1.45. The summed E-state index contributed by atoms with van der Waals surface area (Å²) < 4.78 is 38.0. The van der Waals surface area contributed by atoms with Crippen LogP contribution in [-0.4, -0.2) is 63.1 Å². The van der Waals surface area contributed by atoms with E-state index in [1.54, 1.807) is 24.3 Å². The zero-order valence-corrected chi connectivity index (χ0v) is 18.4. The molecule has 11 heteroatoms. The Bertz CT molecular complexity index is 1050. The lowest BCUT2D eigenvalue weighted by atomic mass is 10.2. The third kappa shape index (κ3) is 4.95. The summed E-state index contributed by atoms with van der Waals surface area (Å²) in [5.74, 6) is 0.584. The van der Waals surface area contributed by atoms with Gasteiger partial charge in [-0.25, -0.2) is 8.42 Å². The van der Waals surface area contributed by atoms with Gasteiger partial charge in [-0.15, -0.1) is 11.8 Å². The van der Waals surface area contributed by atoms with E-state index in [0.29, 0.717) is 30.4 Å². The van der Waals surface area contributed by atoms with Gasteiger partial charge in [0.05, 0.1) is 36.6 Å². The molecule has 0 spiro atoms. The second kappa shape index (κ2) is 9.43. The molecular formula is C20H23N3O6S2. The maximum atomic E-state index is 13.1. The lowest BCUT2D eigenvalue weighted by molar-refractivity contribution is -0.123. The van der Waals surface area contributed by atoms with Crippen molar-refractivity contribution >= 4 is 39.3 Å². The first-order valence-corrected chi connectivity index (χ1v) is 12.3. The summed E-state index contributed by atoms with van der Waals surface area (Å²) in [6.45, 7) is 1.27. The Balaban J connectivity index is 1.58. The van der Waals surface area contributed by atoms with Crippen molar-refractivity contribution in [2.45, 2.75) is 22.8 Å². The molecule has 0 radical (unpaired) electrons. The number of nitrogens with zero attached hydrogens (tertiary/aromatic N) is 2. The standard InChI is InChI=1S/C20H23N3O6S2/c24-19(21-13-15-2-1-8-29-15)14-23-17-12-16(3-4-18(17)30-11-5-20(23)25)31(26,27)22-6-9-28-10-7-22/h1-4,8,12H,5-7,9-11,13-14H2,(H,21,24). The van der Waals surface area contributed by atoms with Crippen molar-refractivity contribution in [3.05, 3.63) is 42.4 Å². The average Bonchev–Trinajstić information content (AvgIpc) is 3.25. The Morgan fingerprint density at radius 2 is 2.00 bits per heavy atom. The van der Waals surface area contributed by atoms with E-state index in [2.05, 4.69) is 5.32 Å². The van der Waals surface area contributed by atoms with E-state index in [9.17, 15) is 18.0 Å². The van der Waals surface area contributed by atoms with E-state index in [0.717, 1.165) is 4.90 Å². The number of carbonyl (C=O) groups excluding carboxylic acids is 2. The zero-order valence-electron chi connectivity index (χ0n) is 16.8. The number of thioether (sulfide) groups is 1. The number of amides is 2. The predicted molar refractivity (Wildman–Crippen MR) is 114 cm³/mol. The number of benzene rings is 1. The minimum absolute atomic E-state index is 0.101. The van der Waals surface area contributed by atoms with E-state index in [1.807, 2.05) is 0 Å². The molecule has 2 aromatic rings. The molecule has 2 aliphatic heterocycles. The summed E-state index contributed by atoms with van der Waals surface area (Å²) in [7, 11) is -3.72. The highest BCUT2D eigenvalue weighted by Crippen LogP contribution is 2.36. The molecule has 31 heavy (non-hydrogen) atoms. The van der Waals surface area contributed by atoms with Crippen LogP contribution >= 0.6 is 11.8 Å². The van der Waals surface area contributed by atoms with E-state index in [4.69, 9.17) is 9.15 Å². The minimum Gasteiger partial charge on any atom is -0.467 e. The maximum Gasteiger partial charge on any atom is 0.243 e. The molecule has 3 heterocycles. The molecular weight excluding hydrogens is 442 g/mol. The fourth-order valence-electron chi connectivity index (χ4n) is 3.42. The fourth-order valence-corrected chi connectivity index (χ4v) is 5.82. The molecule has 0 aliphatic carbocycles. The van der Waals surface area contributed by atoms with Crippen molar-refractivity contribution in [3.63, 3.8) is 0 Å². The van der Waals surface area contributed by atoms with Crippen LogP contribution in [0, 0.1) is 0 Å². The summed E-state index contributed by atoms with van der Waals surface area (Å²) in [4.78, 5) is 27.5. The first kappa shape index (κ1) is 21.9. The van der Waals surface area contributed by atoms with Crippen molar-refractivity contribution in [1.29, 1.82) is 0 Å². The van der Waals surface area contributed by atoms with Gasteiger partial charge in [0.2, 0.25) is 21.8 Å². The van der Waals surface area contributed by atoms with Crippen molar-refractivity contribution in [2.24, 2.45) is 0 Å². The number of fused-ring (bicyclic) bond motifs is 1. The lowest BCUT2D eigenvalue weighted by Gasteiger charge is -2.27. The van der Waals surface area contributed by atoms with E-state index in [-0.39, 0.29) is 49.3 Å². The summed E-state index contributed by atoms with van der Waals surface area (Å²) in [5.41, 5.74) is 0.440. The van der Waals surface area contributed by atoms with Crippen LogP contribution < -0.4 is 10.2 Å². The Morgan fingerprint density at radius 1 is 1.19 bits per heavy atom. The Morgan fingerprint density at radius 3 is 2.74 bits per heavy atom. The molecule has 0 unspecified atom stereocenters. The number of morpholine rings is 1. The number of sulfonamides is 1. The maximum absolute atomic E-state index is 13.1. The number of furan rings is 1. The Kier molecular flexibility index (Phi) is 6.65. The summed E-state index contributed by atoms with van der Waals surface area (Å²) in [5, 5.41) is 2.73. The van der Waals surface area contributed by atoms with Gasteiger partial charge in [0, 0.05) is 30.2 Å². The molecule has 0 saturated carbocycles. The number of anilines is 1. The highest BCUT2D eigenvalue weighted by atomic mass is 32.2. The number of ether oxygens (including phenoxy) is 1. The highest BCUT2D eigenvalue weighted by molar-refractivity contribution is 7.99. The van der Waals surface area contributed by atoms with E-state index in [1.165, 1.54) is 33.3 Å². The van der Waals surface area contributed by atoms with Gasteiger partial charge < -0.3 is 19.4 Å². The fraction of sp³-hybridized carbons (Fsp3) is 0.400. The number of hydrogen-bond donors (Lipinski definition) is 1. The van der Waals surface area contributed by atoms with Crippen LogP contribution in [-0.2, 0) is 30.9 Å². The smallest absolute Gasteiger partial charge is 0.243 e. The quantitative estimate of drug-likeness (QED) is 0.688. The third-order valence-electron chi connectivity index (χ3n) is 5.05. The Labute approximate surface area is 184 Å². The molecule has 1 fully saturated rings. The van der Waals surface area contributed by atoms with E-state index >= 15 is 0 Å². The summed E-state index contributed by atoms with van der Waals surface area (Å²) in [6, 6.07) is 8.23. The lowest BCUT2D eigenvalue weighted by Crippen LogP contribution is -2.41. The van der Waals surface area contributed by atoms with Gasteiger partial charge >= 0.3 is 0 Å². The van der Waals surface area contributed by atoms with Crippen LogP contribution in [0.25, 0.3) is 0 Å². The van der Waals surface area contributed by atoms with Gasteiger partial charge in [-0.05, 0) is 30.3 Å². The van der Waals surface area contributed by atoms with Crippen LogP contribution in [0.4, 0.5) is 5.69 Å². The number of rotatable bonds is 6. The average molecular weight is 466 g/mol. The van der Waals surface area contributed by atoms with Crippen molar-refractivity contribution in [2.75, 3.05) is 43.5 Å². The highest BCUT2D eigenvalue weighted by Gasteiger charge is 2.30. The molecule has 1 saturated heterocycles. The van der Waals surface area contributed by atoms with Crippen molar-refractivity contribution in [1.82, 2.24) is 9.62 Å². The minimum atomic E-state index is -3.72. The summed E-state index contributed by atoms with van der Waals surface area (Å²) >= 11 is 1.47. The number of carbonyl (C=O) groups is 2. The van der Waals surface area contributed by atoms with Crippen LogP contribution in [0.1, 0.15) is 12.2 Å². The number of nitrogens with one attached hydrogen (secondary N) is 1. The number of hydrogen-bond acceptors (Lipinski definition) is 7. The molecule has 0 atom stereocenters. The topological polar surface area (TPSA) is 109 Å². The molecule has 9 nitrogen and oxygen atoms in total. The van der Waals surface area contributed by atoms with Crippen LogP contribution in [0.5, 0.6) is 0 Å². The van der Waals surface area contributed by atoms with Crippen molar-refractivity contribution in [3.8, 4) is 0 Å². The molecule has 4 rings (SSSR count). The molecule has 0 bridgehead atoms. The molecule has 1 aromatic heterocycles. The Hall–Kier alpha value is -2.34. The van der Waals surface area contributed by atoms with Gasteiger partial charge in [-0.1, -0.05) is 0 Å². The van der Waals surface area contributed by atoms with Gasteiger partial charge in [0.15, 0.2) is 0 Å². The van der Waals surface area contributed by atoms with E-state index < -0.39 is 10.0 Å².